The summed E-state index contributed by atoms with van der Waals surface area (Å²) in [6.45, 7) is 7.43. The van der Waals surface area contributed by atoms with E-state index in [1.807, 2.05) is 6.92 Å². The van der Waals surface area contributed by atoms with Gasteiger partial charge in [-0.15, -0.1) is 0 Å². The van der Waals surface area contributed by atoms with Gasteiger partial charge in [0.05, 0.1) is 6.61 Å². The summed E-state index contributed by atoms with van der Waals surface area (Å²) in [6.07, 6.45) is 4.47. The van der Waals surface area contributed by atoms with Gasteiger partial charge in [-0.25, -0.2) is 5.06 Å². The van der Waals surface area contributed by atoms with Crippen molar-refractivity contribution in [3.63, 3.8) is 0 Å². The molecule has 0 heterocycles. The van der Waals surface area contributed by atoms with Gasteiger partial charge in [-0.2, -0.15) is 0 Å². The fourth-order valence-corrected chi connectivity index (χ4v) is 1.93. The van der Waals surface area contributed by atoms with Crippen molar-refractivity contribution >= 4 is 5.91 Å². The lowest BCUT2D eigenvalue weighted by Gasteiger charge is -2.24. The first kappa shape index (κ1) is 12.5. The molecule has 0 aliphatic heterocycles. The maximum Gasteiger partial charge on any atom is 0.249 e. The Balaban J connectivity index is 2.38. The third-order valence-electron chi connectivity index (χ3n) is 2.80. The number of amides is 1. The van der Waals surface area contributed by atoms with Crippen LogP contribution in [0, 0.1) is 11.8 Å². The monoisotopic (exact) mass is 213 g/mol. The summed E-state index contributed by atoms with van der Waals surface area (Å²) in [4.78, 5) is 17.5. The zero-order valence-corrected chi connectivity index (χ0v) is 10.2. The molecule has 1 saturated carbocycles. The number of rotatable bonds is 5. The molecule has 1 aliphatic carbocycles. The van der Waals surface area contributed by atoms with Crippen LogP contribution >= 0.6 is 0 Å². The molecular formula is C12H23NO2. The Morgan fingerprint density at radius 1 is 1.40 bits per heavy atom. The molecule has 0 radical (unpaired) electrons. The highest BCUT2D eigenvalue weighted by Gasteiger charge is 2.27. The van der Waals surface area contributed by atoms with Gasteiger partial charge >= 0.3 is 0 Å². The van der Waals surface area contributed by atoms with E-state index in [9.17, 15) is 4.79 Å². The van der Waals surface area contributed by atoms with Crippen LogP contribution < -0.4 is 0 Å². The number of hydroxylamine groups is 2. The summed E-state index contributed by atoms with van der Waals surface area (Å²) in [6, 6.07) is 0. The standard InChI is InChI=1S/C12H23NO2/c1-4-13(15-9-10(2)3)12(14)11-7-5-6-8-11/h10-11H,4-9H2,1-3H3. The van der Waals surface area contributed by atoms with Crippen LogP contribution in [0.1, 0.15) is 46.5 Å². The summed E-state index contributed by atoms with van der Waals surface area (Å²) < 4.78 is 0. The smallest absolute Gasteiger partial charge is 0.249 e. The van der Waals surface area contributed by atoms with Crippen LogP contribution in [0.2, 0.25) is 0 Å². The Labute approximate surface area is 92.7 Å². The quantitative estimate of drug-likeness (QED) is 0.657. The maximum absolute atomic E-state index is 12.0. The normalized spacial score (nSPS) is 17.3. The molecule has 0 unspecified atom stereocenters. The highest BCUT2D eigenvalue weighted by Crippen LogP contribution is 2.26. The van der Waals surface area contributed by atoms with Crippen LogP contribution in [0.15, 0.2) is 0 Å². The summed E-state index contributed by atoms with van der Waals surface area (Å²) in [5, 5.41) is 1.55. The lowest BCUT2D eigenvalue weighted by atomic mass is 10.1. The minimum absolute atomic E-state index is 0.190. The van der Waals surface area contributed by atoms with Crippen molar-refractivity contribution in [2.24, 2.45) is 11.8 Å². The predicted octanol–water partition coefficient (Wildman–Crippen LogP) is 2.61. The Morgan fingerprint density at radius 2 is 2.00 bits per heavy atom. The van der Waals surface area contributed by atoms with Gasteiger partial charge in [0, 0.05) is 12.5 Å². The van der Waals surface area contributed by atoms with Crippen LogP contribution in [0.25, 0.3) is 0 Å². The van der Waals surface area contributed by atoms with E-state index in [4.69, 9.17) is 4.84 Å². The molecule has 0 bridgehead atoms. The molecule has 0 saturated heterocycles. The number of hydrogen-bond acceptors (Lipinski definition) is 2. The lowest BCUT2D eigenvalue weighted by molar-refractivity contribution is -0.193. The second-order valence-electron chi connectivity index (χ2n) is 4.70. The van der Waals surface area contributed by atoms with Crippen molar-refractivity contribution in [2.75, 3.05) is 13.2 Å². The van der Waals surface area contributed by atoms with Crippen molar-refractivity contribution in [3.8, 4) is 0 Å². The van der Waals surface area contributed by atoms with Crippen LogP contribution in [-0.2, 0) is 9.63 Å². The largest absolute Gasteiger partial charge is 0.272 e. The number of carbonyl (C=O) groups is 1. The zero-order valence-electron chi connectivity index (χ0n) is 10.2. The predicted molar refractivity (Wildman–Crippen MR) is 60.1 cm³/mol. The van der Waals surface area contributed by atoms with Gasteiger partial charge < -0.3 is 0 Å². The number of carbonyl (C=O) groups excluding carboxylic acids is 1. The summed E-state index contributed by atoms with van der Waals surface area (Å²) in [5.74, 6) is 0.878. The minimum atomic E-state index is 0.190. The Kier molecular flexibility index (Phi) is 5.09. The topological polar surface area (TPSA) is 29.5 Å². The second kappa shape index (κ2) is 6.11. The fourth-order valence-electron chi connectivity index (χ4n) is 1.93. The van der Waals surface area contributed by atoms with Gasteiger partial charge in [0.1, 0.15) is 0 Å². The van der Waals surface area contributed by atoms with E-state index in [1.54, 1.807) is 5.06 Å². The molecule has 1 amide bonds. The number of nitrogens with zero attached hydrogens (tertiary/aromatic N) is 1. The van der Waals surface area contributed by atoms with E-state index in [2.05, 4.69) is 13.8 Å². The average Bonchev–Trinajstić information content (AvgIpc) is 2.70. The average molecular weight is 213 g/mol. The maximum atomic E-state index is 12.0. The molecule has 1 fully saturated rings. The Morgan fingerprint density at radius 3 is 2.47 bits per heavy atom. The molecule has 0 aromatic heterocycles. The van der Waals surface area contributed by atoms with Crippen molar-refractivity contribution < 1.29 is 9.63 Å². The van der Waals surface area contributed by atoms with Gasteiger partial charge in [0.15, 0.2) is 0 Å². The minimum Gasteiger partial charge on any atom is -0.272 e. The molecule has 1 aliphatic rings. The molecule has 0 aromatic carbocycles. The summed E-state index contributed by atoms with van der Waals surface area (Å²) >= 11 is 0. The van der Waals surface area contributed by atoms with Crippen molar-refractivity contribution in [1.29, 1.82) is 0 Å². The molecule has 88 valence electrons. The second-order valence-corrected chi connectivity index (χ2v) is 4.70. The van der Waals surface area contributed by atoms with E-state index < -0.39 is 0 Å². The first-order valence-electron chi connectivity index (χ1n) is 6.09. The van der Waals surface area contributed by atoms with E-state index in [-0.39, 0.29) is 11.8 Å². The van der Waals surface area contributed by atoms with Crippen LogP contribution in [0.4, 0.5) is 0 Å². The van der Waals surface area contributed by atoms with Gasteiger partial charge in [-0.3, -0.25) is 9.63 Å². The first-order valence-corrected chi connectivity index (χ1v) is 6.09. The van der Waals surface area contributed by atoms with E-state index >= 15 is 0 Å². The van der Waals surface area contributed by atoms with Gasteiger partial charge in [0.25, 0.3) is 0 Å². The molecule has 1 rings (SSSR count). The fraction of sp³-hybridized carbons (Fsp3) is 0.917. The molecule has 0 spiro atoms. The first-order chi connectivity index (χ1) is 7.15. The molecular weight excluding hydrogens is 190 g/mol. The van der Waals surface area contributed by atoms with Gasteiger partial charge in [-0.05, 0) is 25.7 Å². The zero-order chi connectivity index (χ0) is 11.3. The van der Waals surface area contributed by atoms with E-state index in [0.717, 1.165) is 12.8 Å². The number of hydrogen-bond donors (Lipinski definition) is 0. The van der Waals surface area contributed by atoms with Crippen molar-refractivity contribution in [3.05, 3.63) is 0 Å². The molecule has 3 nitrogen and oxygen atoms in total. The highest BCUT2D eigenvalue weighted by atomic mass is 16.7. The highest BCUT2D eigenvalue weighted by molar-refractivity contribution is 5.78. The molecule has 0 N–H and O–H groups in total. The van der Waals surface area contributed by atoms with Crippen molar-refractivity contribution in [2.45, 2.75) is 46.5 Å². The van der Waals surface area contributed by atoms with Crippen LogP contribution in [-0.4, -0.2) is 24.1 Å². The van der Waals surface area contributed by atoms with Crippen LogP contribution in [0.3, 0.4) is 0 Å². The molecule has 0 aromatic rings. The molecule has 15 heavy (non-hydrogen) atoms. The van der Waals surface area contributed by atoms with Crippen molar-refractivity contribution in [1.82, 2.24) is 5.06 Å². The SMILES string of the molecule is CCN(OCC(C)C)C(=O)C1CCCC1. The van der Waals surface area contributed by atoms with E-state index in [1.165, 1.54) is 12.8 Å². The third-order valence-corrected chi connectivity index (χ3v) is 2.80. The van der Waals surface area contributed by atoms with Crippen LogP contribution in [0.5, 0.6) is 0 Å². The Bertz CT molecular complexity index is 198. The third kappa shape index (κ3) is 3.82. The summed E-state index contributed by atoms with van der Waals surface area (Å²) in [5.41, 5.74) is 0. The lowest BCUT2D eigenvalue weighted by Crippen LogP contribution is -2.36. The molecule has 3 heteroatoms. The Hall–Kier alpha value is -0.570. The molecule has 0 atom stereocenters. The summed E-state index contributed by atoms with van der Waals surface area (Å²) in [7, 11) is 0. The van der Waals surface area contributed by atoms with E-state index in [0.29, 0.717) is 19.1 Å². The van der Waals surface area contributed by atoms with Gasteiger partial charge in [-0.1, -0.05) is 26.7 Å². The van der Waals surface area contributed by atoms with Gasteiger partial charge in [0.2, 0.25) is 5.91 Å².